The monoisotopic (exact) mass is 380 g/mol. The zero-order chi connectivity index (χ0) is 18.8. The number of phenols is 1. The first-order valence-corrected chi connectivity index (χ1v) is 7.03. The predicted octanol–water partition coefficient (Wildman–Crippen LogP) is 5.24. The van der Waals surface area contributed by atoms with Crippen LogP contribution in [-0.4, -0.2) is 10.2 Å². The minimum Gasteiger partial charge on any atom is -0.506 e. The molecule has 0 spiro atoms. The Kier molecular flexibility index (Phi) is 5.12. The Morgan fingerprint density at radius 3 is 1.84 bits per heavy atom. The Bertz CT molecular complexity index is 756. The fraction of sp³-hybridized carbons (Fsp3) is 0.133. The topological polar surface area (TPSA) is 44.3 Å². The van der Waals surface area contributed by atoms with E-state index >= 15 is 0 Å². The van der Waals surface area contributed by atoms with E-state index in [0.29, 0.717) is 12.1 Å². The molecule has 25 heavy (non-hydrogen) atoms. The second-order valence-corrected chi connectivity index (χ2v) is 5.30. The van der Waals surface area contributed by atoms with E-state index in [4.69, 9.17) is 12.2 Å². The Labute approximate surface area is 143 Å². The molecule has 0 heterocycles. The molecular weight excluding hydrogens is 370 g/mol. The van der Waals surface area contributed by atoms with E-state index in [1.807, 2.05) is 0 Å². The molecule has 134 valence electrons. The van der Waals surface area contributed by atoms with Gasteiger partial charge in [-0.3, -0.25) is 0 Å². The summed E-state index contributed by atoms with van der Waals surface area (Å²) in [7, 11) is 0. The van der Waals surface area contributed by atoms with Crippen molar-refractivity contribution in [3.63, 3.8) is 0 Å². The Balaban J connectivity index is 2.29. The van der Waals surface area contributed by atoms with Gasteiger partial charge in [-0.2, -0.15) is 26.3 Å². The van der Waals surface area contributed by atoms with E-state index in [1.165, 1.54) is 18.2 Å². The Morgan fingerprint density at radius 1 is 0.840 bits per heavy atom. The Morgan fingerprint density at radius 2 is 1.36 bits per heavy atom. The molecule has 0 aliphatic carbocycles. The molecule has 0 saturated heterocycles. The molecule has 0 aliphatic rings. The SMILES string of the molecule is Oc1ccccc1NC(=S)Nc1cc(C(F)(F)F)cc(C(F)(F)F)c1. The van der Waals surface area contributed by atoms with Crippen molar-refractivity contribution < 1.29 is 31.4 Å². The van der Waals surface area contributed by atoms with Crippen LogP contribution in [0.2, 0.25) is 0 Å². The van der Waals surface area contributed by atoms with Gasteiger partial charge in [0.05, 0.1) is 16.8 Å². The van der Waals surface area contributed by atoms with Gasteiger partial charge in [-0.15, -0.1) is 0 Å². The highest BCUT2D eigenvalue weighted by Crippen LogP contribution is 2.37. The number of alkyl halides is 6. The van der Waals surface area contributed by atoms with Crippen LogP contribution in [0.15, 0.2) is 42.5 Å². The maximum Gasteiger partial charge on any atom is 0.416 e. The van der Waals surface area contributed by atoms with Gasteiger partial charge in [0.2, 0.25) is 0 Å². The largest absolute Gasteiger partial charge is 0.506 e. The van der Waals surface area contributed by atoms with Crippen LogP contribution in [0.3, 0.4) is 0 Å². The van der Waals surface area contributed by atoms with E-state index in [0.717, 1.165) is 0 Å². The summed E-state index contributed by atoms with van der Waals surface area (Å²) in [4.78, 5) is 0. The van der Waals surface area contributed by atoms with Gasteiger partial charge in [-0.1, -0.05) is 12.1 Å². The summed E-state index contributed by atoms with van der Waals surface area (Å²) in [5, 5.41) is 14.0. The molecule has 3 nitrogen and oxygen atoms in total. The van der Waals surface area contributed by atoms with Gasteiger partial charge in [-0.25, -0.2) is 0 Å². The fourth-order valence-electron chi connectivity index (χ4n) is 1.89. The van der Waals surface area contributed by atoms with Gasteiger partial charge in [-0.05, 0) is 42.5 Å². The summed E-state index contributed by atoms with van der Waals surface area (Å²) >= 11 is 4.86. The summed E-state index contributed by atoms with van der Waals surface area (Å²) in [5.41, 5.74) is -3.27. The lowest BCUT2D eigenvalue weighted by Gasteiger charge is -2.16. The van der Waals surface area contributed by atoms with E-state index < -0.39 is 29.2 Å². The van der Waals surface area contributed by atoms with Crippen molar-refractivity contribution in [1.29, 1.82) is 0 Å². The number of rotatable bonds is 2. The summed E-state index contributed by atoms with van der Waals surface area (Å²) in [6, 6.07) is 6.87. The smallest absolute Gasteiger partial charge is 0.416 e. The molecule has 0 aromatic heterocycles. The third kappa shape index (κ3) is 4.99. The lowest BCUT2D eigenvalue weighted by Crippen LogP contribution is -2.20. The van der Waals surface area contributed by atoms with Crippen LogP contribution in [0.1, 0.15) is 11.1 Å². The lowest BCUT2D eigenvalue weighted by molar-refractivity contribution is -0.143. The molecule has 2 aromatic rings. The molecule has 0 unspecified atom stereocenters. The standard InChI is InChI=1S/C15H10F6N2OS/c16-14(17,18)8-5-9(15(19,20)21)7-10(6-8)22-13(25)23-11-3-1-2-4-12(11)24/h1-7,24H,(H2,22,23,25). The van der Waals surface area contributed by atoms with Gasteiger partial charge in [0.15, 0.2) is 5.11 Å². The number of thiocarbonyl (C=S) groups is 1. The number of hydrogen-bond acceptors (Lipinski definition) is 2. The lowest BCUT2D eigenvalue weighted by atomic mass is 10.1. The van der Waals surface area contributed by atoms with E-state index in [9.17, 15) is 31.4 Å². The average molecular weight is 380 g/mol. The molecule has 0 aliphatic heterocycles. The summed E-state index contributed by atoms with van der Waals surface area (Å²) < 4.78 is 76.8. The van der Waals surface area contributed by atoms with Crippen LogP contribution in [0.4, 0.5) is 37.7 Å². The number of nitrogens with one attached hydrogen (secondary N) is 2. The molecular formula is C15H10F6N2OS. The zero-order valence-corrected chi connectivity index (χ0v) is 13.0. The molecule has 0 saturated carbocycles. The van der Waals surface area contributed by atoms with Crippen LogP contribution in [0.5, 0.6) is 5.75 Å². The van der Waals surface area contributed by atoms with Gasteiger partial charge in [0, 0.05) is 5.69 Å². The van der Waals surface area contributed by atoms with Crippen molar-refractivity contribution in [2.75, 3.05) is 10.6 Å². The maximum absolute atomic E-state index is 12.8. The molecule has 2 aromatic carbocycles. The van der Waals surface area contributed by atoms with Crippen LogP contribution >= 0.6 is 12.2 Å². The second kappa shape index (κ2) is 6.79. The fourth-order valence-corrected chi connectivity index (χ4v) is 2.12. The summed E-state index contributed by atoms with van der Waals surface area (Å²) in [6.45, 7) is 0. The van der Waals surface area contributed by atoms with Gasteiger partial charge in [0.1, 0.15) is 5.75 Å². The van der Waals surface area contributed by atoms with E-state index in [-0.39, 0.29) is 22.6 Å². The number of hydrogen-bond donors (Lipinski definition) is 3. The van der Waals surface area contributed by atoms with Crippen molar-refractivity contribution in [3.8, 4) is 5.75 Å². The highest BCUT2D eigenvalue weighted by atomic mass is 32.1. The Hall–Kier alpha value is -2.49. The summed E-state index contributed by atoms with van der Waals surface area (Å²) in [5.74, 6) is -0.188. The zero-order valence-electron chi connectivity index (χ0n) is 12.2. The van der Waals surface area contributed by atoms with Gasteiger partial charge < -0.3 is 15.7 Å². The number of aromatic hydroxyl groups is 1. The van der Waals surface area contributed by atoms with Crippen molar-refractivity contribution in [2.24, 2.45) is 0 Å². The molecule has 10 heteroatoms. The van der Waals surface area contributed by atoms with Crippen LogP contribution in [-0.2, 0) is 12.4 Å². The minimum absolute atomic E-state index is 0.0185. The van der Waals surface area contributed by atoms with Crippen LogP contribution < -0.4 is 10.6 Å². The maximum atomic E-state index is 12.8. The molecule has 0 atom stereocenters. The molecule has 0 fully saturated rings. The van der Waals surface area contributed by atoms with Crippen molar-refractivity contribution >= 4 is 28.7 Å². The number of halogens is 6. The average Bonchev–Trinajstić information content (AvgIpc) is 2.47. The minimum atomic E-state index is -4.95. The van der Waals surface area contributed by atoms with Crippen molar-refractivity contribution in [2.45, 2.75) is 12.4 Å². The van der Waals surface area contributed by atoms with Gasteiger partial charge >= 0.3 is 12.4 Å². The van der Waals surface area contributed by atoms with Crippen LogP contribution in [0.25, 0.3) is 0 Å². The predicted molar refractivity (Wildman–Crippen MR) is 84.4 cm³/mol. The highest BCUT2D eigenvalue weighted by molar-refractivity contribution is 7.80. The molecule has 0 bridgehead atoms. The first-order valence-electron chi connectivity index (χ1n) is 6.62. The highest BCUT2D eigenvalue weighted by Gasteiger charge is 2.37. The molecule has 0 radical (unpaired) electrons. The number of anilines is 2. The molecule has 3 N–H and O–H groups in total. The number of benzene rings is 2. The molecule has 0 amide bonds. The third-order valence-electron chi connectivity index (χ3n) is 3.00. The first kappa shape index (κ1) is 18.8. The molecule has 2 rings (SSSR count). The van der Waals surface area contributed by atoms with E-state index in [1.54, 1.807) is 6.07 Å². The van der Waals surface area contributed by atoms with E-state index in [2.05, 4.69) is 10.6 Å². The number of phenolic OH excluding ortho intramolecular Hbond substituents is 1. The first-order chi connectivity index (χ1) is 11.5. The van der Waals surface area contributed by atoms with Crippen molar-refractivity contribution in [1.82, 2.24) is 0 Å². The quantitative estimate of drug-likeness (QED) is 0.379. The summed E-state index contributed by atoms with van der Waals surface area (Å²) in [6.07, 6.45) is -9.91. The van der Waals surface area contributed by atoms with Gasteiger partial charge in [0.25, 0.3) is 0 Å². The third-order valence-corrected chi connectivity index (χ3v) is 3.20. The normalized spacial score (nSPS) is 11.9. The second-order valence-electron chi connectivity index (χ2n) is 4.89. The van der Waals surface area contributed by atoms with Crippen LogP contribution in [0, 0.1) is 0 Å². The van der Waals surface area contributed by atoms with Crippen molar-refractivity contribution in [3.05, 3.63) is 53.6 Å². The number of para-hydroxylation sites is 2.